The Bertz CT molecular complexity index is 807. The number of likely N-dealkylation sites (N-methyl/N-ethyl adjacent to an activating group) is 1. The number of piperidine rings is 1. The van der Waals surface area contributed by atoms with Crippen molar-refractivity contribution in [1.82, 2.24) is 15.1 Å². The third kappa shape index (κ3) is 4.78. The predicted octanol–water partition coefficient (Wildman–Crippen LogP) is 2.69. The molecule has 2 atom stereocenters. The lowest BCUT2D eigenvalue weighted by molar-refractivity contribution is -0.126. The van der Waals surface area contributed by atoms with Gasteiger partial charge in [-0.25, -0.2) is 4.39 Å². The normalized spacial score (nSPS) is 18.1. The van der Waals surface area contributed by atoms with E-state index in [9.17, 15) is 14.0 Å². The maximum absolute atomic E-state index is 13.6. The van der Waals surface area contributed by atoms with Gasteiger partial charge in [-0.05, 0) is 56.8 Å². The van der Waals surface area contributed by atoms with Gasteiger partial charge in [0.1, 0.15) is 5.82 Å². The van der Waals surface area contributed by atoms with Gasteiger partial charge in [0.05, 0.1) is 18.2 Å². The second kappa shape index (κ2) is 9.01. The molecule has 150 valence electrons. The molecular weight excluding hydrogens is 361 g/mol. The Hall–Kier alpha value is -2.67. The van der Waals surface area contributed by atoms with Crippen molar-refractivity contribution in [3.05, 3.63) is 59.8 Å². The number of halogens is 1. The fourth-order valence-corrected chi connectivity index (χ4v) is 3.59. The SMILES string of the molecule is CN(C)[C@@H](CNC(=O)[C@H]1CCCN(C(=O)c2ccco2)C1)c1cccc(F)c1. The largest absolute Gasteiger partial charge is 0.459 e. The molecule has 0 radical (unpaired) electrons. The van der Waals surface area contributed by atoms with Crippen LogP contribution in [0.15, 0.2) is 47.1 Å². The van der Waals surface area contributed by atoms with Crippen LogP contribution in [0.5, 0.6) is 0 Å². The zero-order valence-corrected chi connectivity index (χ0v) is 16.2. The Balaban J connectivity index is 1.59. The number of hydrogen-bond donors (Lipinski definition) is 1. The molecule has 0 bridgehead atoms. The maximum atomic E-state index is 13.6. The van der Waals surface area contributed by atoms with Crippen molar-refractivity contribution in [2.24, 2.45) is 5.92 Å². The summed E-state index contributed by atoms with van der Waals surface area (Å²) in [5.41, 5.74) is 0.809. The van der Waals surface area contributed by atoms with Crippen LogP contribution in [0.3, 0.4) is 0 Å². The molecule has 2 aromatic rings. The molecule has 0 spiro atoms. The molecule has 1 N–H and O–H groups in total. The van der Waals surface area contributed by atoms with E-state index in [1.165, 1.54) is 18.4 Å². The van der Waals surface area contributed by atoms with Crippen LogP contribution >= 0.6 is 0 Å². The van der Waals surface area contributed by atoms with E-state index in [1.54, 1.807) is 23.1 Å². The van der Waals surface area contributed by atoms with Crippen LogP contribution in [0.4, 0.5) is 4.39 Å². The van der Waals surface area contributed by atoms with E-state index >= 15 is 0 Å². The number of amides is 2. The van der Waals surface area contributed by atoms with Crippen molar-refractivity contribution in [1.29, 1.82) is 0 Å². The van der Waals surface area contributed by atoms with E-state index in [1.807, 2.05) is 25.1 Å². The molecule has 1 aromatic heterocycles. The number of benzene rings is 1. The molecule has 0 saturated carbocycles. The lowest BCUT2D eigenvalue weighted by Gasteiger charge is -2.32. The Morgan fingerprint density at radius 3 is 2.82 bits per heavy atom. The summed E-state index contributed by atoms with van der Waals surface area (Å²) < 4.78 is 18.7. The number of likely N-dealkylation sites (tertiary alicyclic amines) is 1. The Labute approximate surface area is 164 Å². The fraction of sp³-hybridized carbons (Fsp3) is 0.429. The summed E-state index contributed by atoms with van der Waals surface area (Å²) >= 11 is 0. The molecular formula is C21H26FN3O3. The number of rotatable bonds is 6. The minimum absolute atomic E-state index is 0.0832. The summed E-state index contributed by atoms with van der Waals surface area (Å²) in [6.45, 7) is 1.36. The zero-order valence-electron chi connectivity index (χ0n) is 16.2. The average molecular weight is 387 g/mol. The van der Waals surface area contributed by atoms with Gasteiger partial charge in [0.15, 0.2) is 5.76 Å². The van der Waals surface area contributed by atoms with Gasteiger partial charge in [-0.2, -0.15) is 0 Å². The smallest absolute Gasteiger partial charge is 0.289 e. The molecule has 0 aliphatic carbocycles. The van der Waals surface area contributed by atoms with Gasteiger partial charge >= 0.3 is 0 Å². The average Bonchev–Trinajstić information content (AvgIpc) is 3.22. The van der Waals surface area contributed by atoms with Crippen LogP contribution in [-0.2, 0) is 4.79 Å². The van der Waals surface area contributed by atoms with E-state index in [-0.39, 0.29) is 29.6 Å². The molecule has 1 aliphatic rings. The van der Waals surface area contributed by atoms with E-state index in [0.717, 1.165) is 18.4 Å². The highest BCUT2D eigenvalue weighted by Gasteiger charge is 2.30. The first-order valence-corrected chi connectivity index (χ1v) is 9.48. The molecule has 7 heteroatoms. The van der Waals surface area contributed by atoms with Gasteiger partial charge in [-0.15, -0.1) is 0 Å². The number of furan rings is 1. The van der Waals surface area contributed by atoms with E-state index in [4.69, 9.17) is 4.42 Å². The summed E-state index contributed by atoms with van der Waals surface area (Å²) in [6, 6.07) is 9.58. The van der Waals surface area contributed by atoms with Crippen molar-refractivity contribution in [2.75, 3.05) is 33.7 Å². The molecule has 0 unspecified atom stereocenters. The summed E-state index contributed by atoms with van der Waals surface area (Å²) in [4.78, 5) is 28.8. The van der Waals surface area contributed by atoms with Gasteiger partial charge in [0.25, 0.3) is 5.91 Å². The van der Waals surface area contributed by atoms with E-state index in [0.29, 0.717) is 25.4 Å². The number of nitrogens with one attached hydrogen (secondary N) is 1. The van der Waals surface area contributed by atoms with Crippen molar-refractivity contribution in [2.45, 2.75) is 18.9 Å². The third-order valence-corrected chi connectivity index (χ3v) is 5.14. The highest BCUT2D eigenvalue weighted by atomic mass is 19.1. The van der Waals surface area contributed by atoms with Crippen LogP contribution < -0.4 is 5.32 Å². The summed E-state index contributed by atoms with van der Waals surface area (Å²) in [7, 11) is 3.79. The molecule has 1 aromatic carbocycles. The van der Waals surface area contributed by atoms with Crippen molar-refractivity contribution in [3.63, 3.8) is 0 Å². The lowest BCUT2D eigenvalue weighted by atomic mass is 9.96. The first-order chi connectivity index (χ1) is 13.5. The maximum Gasteiger partial charge on any atom is 0.289 e. The third-order valence-electron chi connectivity index (χ3n) is 5.14. The number of carbonyl (C=O) groups excluding carboxylic acids is 2. The van der Waals surface area contributed by atoms with Gasteiger partial charge in [0, 0.05) is 19.6 Å². The first kappa shape index (κ1) is 20.1. The number of carbonyl (C=O) groups is 2. The van der Waals surface area contributed by atoms with Gasteiger partial charge in [-0.3, -0.25) is 9.59 Å². The highest BCUT2D eigenvalue weighted by Crippen LogP contribution is 2.21. The highest BCUT2D eigenvalue weighted by molar-refractivity contribution is 5.92. The molecule has 2 heterocycles. The van der Waals surface area contributed by atoms with Crippen molar-refractivity contribution < 1.29 is 18.4 Å². The lowest BCUT2D eigenvalue weighted by Crippen LogP contribution is -2.46. The summed E-state index contributed by atoms with van der Waals surface area (Å²) in [6.07, 6.45) is 2.97. The van der Waals surface area contributed by atoms with E-state index < -0.39 is 0 Å². The summed E-state index contributed by atoms with van der Waals surface area (Å²) in [5.74, 6) is -0.536. The topological polar surface area (TPSA) is 65.8 Å². The number of hydrogen-bond acceptors (Lipinski definition) is 4. The van der Waals surface area contributed by atoms with Gasteiger partial charge < -0.3 is 19.5 Å². The number of nitrogens with zero attached hydrogens (tertiary/aromatic N) is 2. The molecule has 1 aliphatic heterocycles. The Morgan fingerprint density at radius 2 is 2.14 bits per heavy atom. The van der Waals surface area contributed by atoms with Crippen LogP contribution in [0.1, 0.15) is 35.0 Å². The zero-order chi connectivity index (χ0) is 20.1. The Morgan fingerprint density at radius 1 is 1.32 bits per heavy atom. The monoisotopic (exact) mass is 387 g/mol. The van der Waals surface area contributed by atoms with Crippen LogP contribution in [0.25, 0.3) is 0 Å². The van der Waals surface area contributed by atoms with E-state index in [2.05, 4.69) is 5.32 Å². The molecule has 1 fully saturated rings. The fourth-order valence-electron chi connectivity index (χ4n) is 3.59. The second-order valence-electron chi connectivity index (χ2n) is 7.35. The van der Waals surface area contributed by atoms with Crippen LogP contribution in [0, 0.1) is 11.7 Å². The molecule has 1 saturated heterocycles. The molecule has 6 nitrogen and oxygen atoms in total. The van der Waals surface area contributed by atoms with Gasteiger partial charge in [-0.1, -0.05) is 12.1 Å². The minimum Gasteiger partial charge on any atom is -0.459 e. The summed E-state index contributed by atoms with van der Waals surface area (Å²) in [5, 5.41) is 2.98. The van der Waals surface area contributed by atoms with Crippen LogP contribution in [-0.4, -0.2) is 55.3 Å². The van der Waals surface area contributed by atoms with Crippen molar-refractivity contribution >= 4 is 11.8 Å². The molecule has 2 amide bonds. The molecule has 3 rings (SSSR count). The second-order valence-corrected chi connectivity index (χ2v) is 7.35. The molecule has 28 heavy (non-hydrogen) atoms. The standard InChI is InChI=1S/C21H26FN3O3/c1-24(2)18(15-6-3-8-17(22)12-15)13-23-20(26)16-7-4-10-25(14-16)21(27)19-9-5-11-28-19/h3,5-6,8-9,11-12,16,18H,4,7,10,13-14H2,1-2H3,(H,23,26)/t16-,18-/m0/s1. The first-order valence-electron chi connectivity index (χ1n) is 9.48. The van der Waals surface area contributed by atoms with Crippen LogP contribution in [0.2, 0.25) is 0 Å². The minimum atomic E-state index is -0.296. The van der Waals surface area contributed by atoms with Gasteiger partial charge in [0.2, 0.25) is 5.91 Å². The van der Waals surface area contributed by atoms with Crippen molar-refractivity contribution in [3.8, 4) is 0 Å². The Kier molecular flexibility index (Phi) is 6.46. The quantitative estimate of drug-likeness (QED) is 0.828. The predicted molar refractivity (Wildman–Crippen MR) is 103 cm³/mol.